The number of benzene rings is 1. The van der Waals surface area contributed by atoms with E-state index in [0.29, 0.717) is 17.3 Å². The van der Waals surface area contributed by atoms with Crippen LogP contribution in [0.2, 0.25) is 0 Å². The van der Waals surface area contributed by atoms with E-state index in [0.717, 1.165) is 4.47 Å². The van der Waals surface area contributed by atoms with Gasteiger partial charge in [0.2, 0.25) is 0 Å². The fraction of sp³-hybridized carbons (Fsp3) is 0.0714. The highest BCUT2D eigenvalue weighted by molar-refractivity contribution is 9.10. The number of halogens is 1. The normalized spacial score (nSPS) is 9.81. The van der Waals surface area contributed by atoms with Gasteiger partial charge in [-0.3, -0.25) is 10.1 Å². The molecule has 0 aliphatic carbocycles. The number of hydrogen-bond acceptors (Lipinski definition) is 4. The van der Waals surface area contributed by atoms with Crippen LogP contribution in [0.15, 0.2) is 47.1 Å². The Morgan fingerprint density at radius 1 is 1.19 bits per heavy atom. The number of ether oxygens (including phenoxy) is 1. The Bertz CT molecular complexity index is 676. The smallest absolute Gasteiger partial charge is 0.324 e. The number of aromatic nitrogens is 1. The summed E-state index contributed by atoms with van der Waals surface area (Å²) < 4.78 is 5.75. The highest BCUT2D eigenvalue weighted by Gasteiger charge is 2.05. The van der Waals surface area contributed by atoms with Crippen molar-refractivity contribution in [2.24, 2.45) is 0 Å². The van der Waals surface area contributed by atoms with Crippen molar-refractivity contribution >= 4 is 39.4 Å². The summed E-state index contributed by atoms with van der Waals surface area (Å²) >= 11 is 3.29. The van der Waals surface area contributed by atoms with Crippen molar-refractivity contribution < 1.29 is 14.3 Å². The number of rotatable bonds is 3. The van der Waals surface area contributed by atoms with Gasteiger partial charge in [0.1, 0.15) is 11.6 Å². The number of urea groups is 1. The minimum atomic E-state index is -0.444. The first-order valence-corrected chi connectivity index (χ1v) is 6.80. The minimum absolute atomic E-state index is 0.362. The van der Waals surface area contributed by atoms with Crippen molar-refractivity contribution in [3.05, 3.63) is 47.1 Å². The molecule has 2 amide bonds. The van der Waals surface area contributed by atoms with Crippen LogP contribution in [0.1, 0.15) is 6.92 Å². The molecule has 21 heavy (non-hydrogen) atoms. The number of amides is 2. The maximum absolute atomic E-state index is 11.8. The molecule has 0 atom stereocenters. The monoisotopic (exact) mass is 349 g/mol. The van der Waals surface area contributed by atoms with Gasteiger partial charge in [-0.2, -0.15) is 0 Å². The van der Waals surface area contributed by atoms with Gasteiger partial charge in [0.15, 0.2) is 0 Å². The van der Waals surface area contributed by atoms with Crippen LogP contribution in [0.25, 0.3) is 0 Å². The fourth-order valence-electron chi connectivity index (χ4n) is 1.56. The number of anilines is 2. The van der Waals surface area contributed by atoms with Gasteiger partial charge in [-0.05, 0) is 24.3 Å². The molecule has 2 aromatic rings. The van der Waals surface area contributed by atoms with Gasteiger partial charge < -0.3 is 10.1 Å². The number of esters is 1. The fourth-order valence-corrected chi connectivity index (χ4v) is 1.89. The second-order valence-corrected chi connectivity index (χ2v) is 4.98. The molecule has 0 fully saturated rings. The van der Waals surface area contributed by atoms with Gasteiger partial charge in [-0.1, -0.05) is 22.0 Å². The predicted molar refractivity (Wildman–Crippen MR) is 82.3 cm³/mol. The zero-order valence-electron chi connectivity index (χ0n) is 11.1. The molecule has 1 aromatic heterocycles. The molecule has 2 rings (SSSR count). The Balaban J connectivity index is 2.01. The van der Waals surface area contributed by atoms with E-state index >= 15 is 0 Å². The first kappa shape index (κ1) is 15.0. The van der Waals surface area contributed by atoms with E-state index in [1.165, 1.54) is 6.92 Å². The van der Waals surface area contributed by atoms with Crippen molar-refractivity contribution in [1.29, 1.82) is 0 Å². The Morgan fingerprint density at radius 2 is 2.00 bits per heavy atom. The average molecular weight is 350 g/mol. The molecule has 2 N–H and O–H groups in total. The van der Waals surface area contributed by atoms with Crippen LogP contribution in [-0.4, -0.2) is 17.0 Å². The molecule has 1 heterocycles. The average Bonchev–Trinajstić information content (AvgIpc) is 2.37. The molecule has 6 nitrogen and oxygen atoms in total. The number of carbonyl (C=O) groups excluding carboxylic acids is 2. The summed E-state index contributed by atoms with van der Waals surface area (Å²) in [5, 5.41) is 5.22. The zero-order chi connectivity index (χ0) is 15.2. The van der Waals surface area contributed by atoms with Crippen LogP contribution in [0.5, 0.6) is 5.75 Å². The van der Waals surface area contributed by atoms with E-state index in [4.69, 9.17) is 4.74 Å². The topological polar surface area (TPSA) is 80.3 Å². The lowest BCUT2D eigenvalue weighted by molar-refractivity contribution is -0.131. The SMILES string of the molecule is CC(=O)Oc1cccc(NC(=O)Nc2cc(Br)ccn2)c1. The molecule has 0 unspecified atom stereocenters. The molecular weight excluding hydrogens is 338 g/mol. The first-order valence-electron chi connectivity index (χ1n) is 6.01. The lowest BCUT2D eigenvalue weighted by Crippen LogP contribution is -2.20. The van der Waals surface area contributed by atoms with Crippen LogP contribution < -0.4 is 15.4 Å². The first-order chi connectivity index (χ1) is 10.0. The van der Waals surface area contributed by atoms with Gasteiger partial charge in [-0.25, -0.2) is 9.78 Å². The molecule has 1 aromatic carbocycles. The van der Waals surface area contributed by atoms with Crippen molar-refractivity contribution in [2.75, 3.05) is 10.6 Å². The maximum Gasteiger partial charge on any atom is 0.324 e. The standard InChI is InChI=1S/C14H12BrN3O3/c1-9(19)21-12-4-2-3-11(8-12)17-14(20)18-13-7-10(15)5-6-16-13/h2-8H,1H3,(H2,16,17,18,20). The molecule has 108 valence electrons. The highest BCUT2D eigenvalue weighted by Crippen LogP contribution is 2.18. The van der Waals surface area contributed by atoms with Gasteiger partial charge in [-0.15, -0.1) is 0 Å². The van der Waals surface area contributed by atoms with E-state index in [-0.39, 0.29) is 0 Å². The lowest BCUT2D eigenvalue weighted by atomic mass is 10.3. The second kappa shape index (κ2) is 6.85. The lowest BCUT2D eigenvalue weighted by Gasteiger charge is -2.08. The third-order valence-electron chi connectivity index (χ3n) is 2.32. The van der Waals surface area contributed by atoms with Gasteiger partial charge in [0.25, 0.3) is 0 Å². The van der Waals surface area contributed by atoms with E-state index < -0.39 is 12.0 Å². The van der Waals surface area contributed by atoms with Crippen LogP contribution in [0.3, 0.4) is 0 Å². The van der Waals surface area contributed by atoms with Crippen molar-refractivity contribution in [2.45, 2.75) is 6.92 Å². The molecule has 0 spiro atoms. The molecule has 0 bridgehead atoms. The number of carbonyl (C=O) groups is 2. The molecular formula is C14H12BrN3O3. The molecule has 0 aliphatic rings. The third kappa shape index (κ3) is 4.88. The number of nitrogens with zero attached hydrogens (tertiary/aromatic N) is 1. The Morgan fingerprint density at radius 3 is 2.71 bits per heavy atom. The van der Waals surface area contributed by atoms with E-state index in [1.54, 1.807) is 42.6 Å². The summed E-state index contributed by atoms with van der Waals surface area (Å²) in [6, 6.07) is 9.52. The van der Waals surface area contributed by atoms with Gasteiger partial charge in [0.05, 0.1) is 0 Å². The van der Waals surface area contributed by atoms with Gasteiger partial charge >= 0.3 is 12.0 Å². The highest BCUT2D eigenvalue weighted by atomic mass is 79.9. The summed E-state index contributed by atoms with van der Waals surface area (Å²) in [7, 11) is 0. The van der Waals surface area contributed by atoms with Crippen LogP contribution >= 0.6 is 15.9 Å². The van der Waals surface area contributed by atoms with Crippen LogP contribution in [0, 0.1) is 0 Å². The number of hydrogen-bond donors (Lipinski definition) is 2. The Labute approximate surface area is 129 Å². The Kier molecular flexibility index (Phi) is 4.89. The number of pyridine rings is 1. The molecule has 0 aliphatic heterocycles. The zero-order valence-corrected chi connectivity index (χ0v) is 12.7. The van der Waals surface area contributed by atoms with Crippen LogP contribution in [-0.2, 0) is 4.79 Å². The van der Waals surface area contributed by atoms with E-state index in [9.17, 15) is 9.59 Å². The summed E-state index contributed by atoms with van der Waals surface area (Å²) in [5.74, 6) is 0.355. The maximum atomic E-state index is 11.8. The van der Waals surface area contributed by atoms with E-state index in [1.807, 2.05) is 0 Å². The summed E-state index contributed by atoms with van der Waals surface area (Å²) in [6.45, 7) is 1.31. The Hall–Kier alpha value is -2.41. The van der Waals surface area contributed by atoms with Crippen molar-refractivity contribution in [1.82, 2.24) is 4.98 Å². The van der Waals surface area contributed by atoms with E-state index in [2.05, 4.69) is 31.5 Å². The van der Waals surface area contributed by atoms with Crippen LogP contribution in [0.4, 0.5) is 16.3 Å². The predicted octanol–water partition coefficient (Wildman–Crippen LogP) is 3.41. The summed E-state index contributed by atoms with van der Waals surface area (Å²) in [5.41, 5.74) is 0.501. The molecule has 0 saturated heterocycles. The van der Waals surface area contributed by atoms with Crippen molar-refractivity contribution in [3.63, 3.8) is 0 Å². The molecule has 0 radical (unpaired) electrons. The summed E-state index contributed by atoms with van der Waals surface area (Å²) in [6.07, 6.45) is 1.57. The largest absolute Gasteiger partial charge is 0.427 e. The third-order valence-corrected chi connectivity index (χ3v) is 2.81. The quantitative estimate of drug-likeness (QED) is 0.657. The molecule has 7 heteroatoms. The second-order valence-electron chi connectivity index (χ2n) is 4.06. The van der Waals surface area contributed by atoms with Crippen molar-refractivity contribution in [3.8, 4) is 5.75 Å². The minimum Gasteiger partial charge on any atom is -0.427 e. The van der Waals surface area contributed by atoms with Gasteiger partial charge in [0, 0.05) is 29.3 Å². The summed E-state index contributed by atoms with van der Waals surface area (Å²) in [4.78, 5) is 26.7. The number of nitrogens with one attached hydrogen (secondary N) is 2. The molecule has 0 saturated carbocycles.